The molecule has 2 heterocycles. The molecule has 8 N–H and O–H groups in total. The van der Waals surface area contributed by atoms with E-state index in [0.29, 0.717) is 46.5 Å². The highest BCUT2D eigenvalue weighted by Gasteiger charge is 2.10. The molecule has 2 aromatic heterocycles. The van der Waals surface area contributed by atoms with Crippen molar-refractivity contribution in [2.45, 2.75) is 234 Å². The molecule has 0 aliphatic carbocycles. The fourth-order valence-electron chi connectivity index (χ4n) is 6.58. The molecule has 348 valence electrons. The van der Waals surface area contributed by atoms with E-state index in [9.17, 15) is 19.8 Å². The van der Waals surface area contributed by atoms with Crippen LogP contribution in [-0.2, 0) is 36.0 Å². The van der Waals surface area contributed by atoms with Gasteiger partial charge in [0.25, 0.3) is 0 Å². The normalized spacial score (nSPS) is 10.5. The average Bonchev–Trinajstić information content (AvgIpc) is 3.23. The third-order valence-electron chi connectivity index (χ3n) is 10.5. The van der Waals surface area contributed by atoms with Gasteiger partial charge in [0.15, 0.2) is 0 Å². The van der Waals surface area contributed by atoms with E-state index in [-0.39, 0.29) is 37.9 Å². The number of unbranched alkanes of at least 4 members (excludes halogenated alkanes) is 24. The summed E-state index contributed by atoms with van der Waals surface area (Å²) >= 11 is 0. The topological polar surface area (TPSA) is 222 Å². The summed E-state index contributed by atoms with van der Waals surface area (Å²) < 4.78 is 0. The molecule has 0 unspecified atom stereocenters. The molecule has 12 nitrogen and oxygen atoms in total. The second-order valence-corrected chi connectivity index (χ2v) is 15.8. The smallest absolute Gasteiger partial charge is 0.303 e. The Kier molecular flexibility index (Phi) is 41.5. The molecule has 0 radical (unpaired) electrons. The Morgan fingerprint density at radius 1 is 0.417 bits per heavy atom. The molecule has 0 spiro atoms. The number of aliphatic hydroxyl groups excluding tert-OH is 4. The first kappa shape index (κ1) is 58.8. The summed E-state index contributed by atoms with van der Waals surface area (Å²) in [7, 11) is 0. The van der Waals surface area contributed by atoms with Crippen molar-refractivity contribution in [1.82, 2.24) is 9.97 Å². The second kappa shape index (κ2) is 42.4. The van der Waals surface area contributed by atoms with Crippen LogP contribution in [-0.4, -0.2) is 62.8 Å². The molecule has 0 aromatic carbocycles. The minimum Gasteiger partial charge on any atom is -0.506 e. The van der Waals surface area contributed by atoms with Crippen molar-refractivity contribution >= 4 is 11.9 Å². The van der Waals surface area contributed by atoms with Gasteiger partial charge in [-0.3, -0.25) is 19.6 Å². The molecule has 0 amide bonds. The maximum atomic E-state index is 10.3. The lowest BCUT2D eigenvalue weighted by atomic mass is 10.0. The molecule has 0 aliphatic rings. The zero-order valence-electron chi connectivity index (χ0n) is 38.1. The van der Waals surface area contributed by atoms with Crippen molar-refractivity contribution in [3.8, 4) is 11.5 Å². The number of aromatic nitrogens is 2. The van der Waals surface area contributed by atoms with Gasteiger partial charge in [0.1, 0.15) is 11.5 Å². The Balaban J connectivity index is 0. The maximum absolute atomic E-state index is 10.3. The van der Waals surface area contributed by atoms with Gasteiger partial charge < -0.3 is 40.9 Å². The SMILES string of the molecule is CCCCCCCCCCCCCCCC(=O)O.CCCCCCCCCCCCCCCC(=O)O.Cc1ncc(CO)c(CO)c1O.Cc1ncc(CO)c(CO)c1O. The number of nitrogens with zero attached hydrogens (tertiary/aromatic N) is 2. The largest absolute Gasteiger partial charge is 0.506 e. The monoisotopic (exact) mass is 851 g/mol. The van der Waals surface area contributed by atoms with Gasteiger partial charge in [-0.05, 0) is 26.7 Å². The predicted octanol–water partition coefficient (Wildman–Crippen LogP) is 11.3. The van der Waals surface area contributed by atoms with Crippen LogP contribution in [0.3, 0.4) is 0 Å². The minimum atomic E-state index is -0.655. The Morgan fingerprint density at radius 3 is 0.850 bits per heavy atom. The van der Waals surface area contributed by atoms with E-state index in [1.54, 1.807) is 13.8 Å². The van der Waals surface area contributed by atoms with Crippen LogP contribution in [0.2, 0.25) is 0 Å². The van der Waals surface area contributed by atoms with Crippen LogP contribution in [0.4, 0.5) is 0 Å². The Bertz CT molecular complexity index is 1230. The van der Waals surface area contributed by atoms with Crippen LogP contribution in [0, 0.1) is 13.8 Å². The highest BCUT2D eigenvalue weighted by atomic mass is 16.4. The lowest BCUT2D eigenvalue weighted by molar-refractivity contribution is -0.138. The summed E-state index contributed by atoms with van der Waals surface area (Å²) in [5.41, 5.74) is 2.53. The average molecular weight is 851 g/mol. The minimum absolute atomic E-state index is 0.0379. The molecular weight excluding hydrogens is 765 g/mol. The van der Waals surface area contributed by atoms with E-state index >= 15 is 0 Å². The number of aromatic hydroxyl groups is 2. The van der Waals surface area contributed by atoms with Gasteiger partial charge in [-0.25, -0.2) is 0 Å². The first-order valence-corrected chi connectivity index (χ1v) is 23.1. The van der Waals surface area contributed by atoms with E-state index < -0.39 is 11.9 Å². The standard InChI is InChI=1S/2C16H32O2.2C8H11NO3/c2*1-2-3-4-5-6-7-8-9-10-11-12-13-14-15-16(17)18;2*1-5-8(12)7(4-11)6(3-10)2-9-5/h2*2-15H2,1H3,(H,17,18);2*2,10-12H,3-4H2,1H3. The van der Waals surface area contributed by atoms with Crippen molar-refractivity contribution in [3.05, 3.63) is 46.0 Å². The molecule has 0 saturated carbocycles. The van der Waals surface area contributed by atoms with Gasteiger partial charge in [-0.15, -0.1) is 0 Å². The predicted molar refractivity (Wildman–Crippen MR) is 241 cm³/mol. The number of pyridine rings is 2. The van der Waals surface area contributed by atoms with Crippen LogP contribution in [0.25, 0.3) is 0 Å². The molecule has 2 rings (SSSR count). The van der Waals surface area contributed by atoms with E-state index in [4.69, 9.17) is 30.6 Å². The van der Waals surface area contributed by atoms with Crippen LogP contribution in [0.15, 0.2) is 12.4 Å². The quantitative estimate of drug-likeness (QED) is 0.0322. The number of carboxylic acid groups (broad SMARTS) is 2. The van der Waals surface area contributed by atoms with Gasteiger partial charge >= 0.3 is 11.9 Å². The fraction of sp³-hybridized carbons (Fsp3) is 0.750. The highest BCUT2D eigenvalue weighted by molar-refractivity contribution is 5.66. The Labute approximate surface area is 362 Å². The van der Waals surface area contributed by atoms with Crippen molar-refractivity contribution in [2.24, 2.45) is 0 Å². The second-order valence-electron chi connectivity index (χ2n) is 15.8. The summed E-state index contributed by atoms with van der Waals surface area (Å²) in [6.07, 6.45) is 37.4. The molecule has 12 heteroatoms. The van der Waals surface area contributed by atoms with Gasteiger partial charge in [0.2, 0.25) is 0 Å². The molecule has 2 aromatic rings. The van der Waals surface area contributed by atoms with E-state index in [0.717, 1.165) is 25.7 Å². The van der Waals surface area contributed by atoms with Crippen LogP contribution >= 0.6 is 0 Å². The molecular formula is C48H86N2O10. The summed E-state index contributed by atoms with van der Waals surface area (Å²) in [6.45, 7) is 6.77. The van der Waals surface area contributed by atoms with Crippen LogP contribution in [0.1, 0.15) is 227 Å². The van der Waals surface area contributed by atoms with Crippen LogP contribution < -0.4 is 0 Å². The summed E-state index contributed by atoms with van der Waals surface area (Å²) in [6, 6.07) is 0. The molecule has 0 aliphatic heterocycles. The van der Waals surface area contributed by atoms with Crippen molar-refractivity contribution in [3.63, 3.8) is 0 Å². The fourth-order valence-corrected chi connectivity index (χ4v) is 6.58. The van der Waals surface area contributed by atoms with Crippen molar-refractivity contribution in [1.29, 1.82) is 0 Å². The number of aliphatic carboxylic acids is 2. The third kappa shape index (κ3) is 33.4. The van der Waals surface area contributed by atoms with Gasteiger partial charge in [-0.2, -0.15) is 0 Å². The van der Waals surface area contributed by atoms with Crippen molar-refractivity contribution < 1.29 is 50.4 Å². The third-order valence-corrected chi connectivity index (χ3v) is 10.5. The first-order chi connectivity index (χ1) is 28.9. The maximum Gasteiger partial charge on any atom is 0.303 e. The van der Waals surface area contributed by atoms with E-state index in [1.807, 2.05) is 0 Å². The van der Waals surface area contributed by atoms with Gasteiger partial charge in [0.05, 0.1) is 37.8 Å². The summed E-state index contributed by atoms with van der Waals surface area (Å²) in [5, 5.41) is 71.1. The van der Waals surface area contributed by atoms with Crippen molar-refractivity contribution in [2.75, 3.05) is 0 Å². The van der Waals surface area contributed by atoms with Crippen LogP contribution in [0.5, 0.6) is 11.5 Å². The zero-order valence-corrected chi connectivity index (χ0v) is 38.1. The number of aryl methyl sites for hydroxylation is 2. The highest BCUT2D eigenvalue weighted by Crippen LogP contribution is 2.24. The number of aliphatic hydroxyl groups is 4. The van der Waals surface area contributed by atoms with Gasteiger partial charge in [0, 0.05) is 47.5 Å². The Hall–Kier alpha value is -3.32. The van der Waals surface area contributed by atoms with E-state index in [2.05, 4.69) is 23.8 Å². The summed E-state index contributed by atoms with van der Waals surface area (Å²) in [5.74, 6) is -1.38. The number of hydrogen-bond acceptors (Lipinski definition) is 10. The number of carbonyl (C=O) groups is 2. The zero-order chi connectivity index (χ0) is 45.2. The van der Waals surface area contributed by atoms with Gasteiger partial charge in [-0.1, -0.05) is 168 Å². The molecule has 0 saturated heterocycles. The summed E-state index contributed by atoms with van der Waals surface area (Å²) in [4.78, 5) is 28.3. The number of rotatable bonds is 32. The number of carboxylic acids is 2. The molecule has 0 bridgehead atoms. The molecule has 0 atom stereocenters. The Morgan fingerprint density at radius 2 is 0.650 bits per heavy atom. The van der Waals surface area contributed by atoms with E-state index in [1.165, 1.54) is 154 Å². The molecule has 60 heavy (non-hydrogen) atoms. The lowest BCUT2D eigenvalue weighted by Gasteiger charge is -2.07. The number of hydrogen-bond donors (Lipinski definition) is 8. The molecule has 0 fully saturated rings. The lowest BCUT2D eigenvalue weighted by Crippen LogP contribution is -1.98. The first-order valence-electron chi connectivity index (χ1n) is 23.1.